The van der Waals surface area contributed by atoms with Crippen molar-refractivity contribution in [3.63, 3.8) is 0 Å². The molecule has 0 saturated heterocycles. The van der Waals surface area contributed by atoms with E-state index in [0.29, 0.717) is 54.2 Å². The smallest absolute Gasteiger partial charge is 0.335 e. The summed E-state index contributed by atoms with van der Waals surface area (Å²) in [7, 11) is -3.26. The molecule has 1 amide bonds. The zero-order chi connectivity index (χ0) is 32.4. The van der Waals surface area contributed by atoms with Crippen molar-refractivity contribution >= 4 is 41.8 Å². The minimum atomic E-state index is -3.26. The summed E-state index contributed by atoms with van der Waals surface area (Å²) in [5, 5.41) is 3.59. The lowest BCUT2D eigenvalue weighted by Crippen LogP contribution is -2.11. The molecule has 2 heterocycles. The first-order chi connectivity index (χ1) is 22.4. The Kier molecular flexibility index (Phi) is 11.8. The lowest BCUT2D eigenvalue weighted by Gasteiger charge is -2.19. The first-order valence-corrected chi connectivity index (χ1v) is 17.9. The first-order valence-electron chi connectivity index (χ1n) is 15.8. The Hall–Kier alpha value is -3.75. The molecule has 5 rings (SSSR count). The SMILES string of the molecule is CCCCOP(=O)(Cc1ccc(NC(=O)CCCc2oc(-n3cnc4ccccc43)nc2-c2ccc(Cl)cc2)cc1)OCCCC. The number of nitrogens with zero attached hydrogens (tertiary/aromatic N) is 3. The third kappa shape index (κ3) is 8.95. The van der Waals surface area contributed by atoms with E-state index in [1.165, 1.54) is 0 Å². The number of hydrogen-bond acceptors (Lipinski definition) is 7. The number of hydrogen-bond donors (Lipinski definition) is 1. The summed E-state index contributed by atoms with van der Waals surface area (Å²) in [5.41, 5.74) is 4.80. The molecule has 0 aliphatic carbocycles. The van der Waals surface area contributed by atoms with Crippen LogP contribution < -0.4 is 5.32 Å². The number of fused-ring (bicyclic) bond motifs is 1. The van der Waals surface area contributed by atoms with Gasteiger partial charge in [-0.1, -0.05) is 74.7 Å². The van der Waals surface area contributed by atoms with Crippen molar-refractivity contribution in [2.75, 3.05) is 18.5 Å². The van der Waals surface area contributed by atoms with Crippen LogP contribution in [0.3, 0.4) is 0 Å². The average Bonchev–Trinajstić information content (AvgIpc) is 3.67. The van der Waals surface area contributed by atoms with Crippen molar-refractivity contribution in [2.45, 2.75) is 65.0 Å². The monoisotopic (exact) mass is 662 g/mol. The summed E-state index contributed by atoms with van der Waals surface area (Å²) in [6.45, 7) is 4.94. The van der Waals surface area contributed by atoms with Gasteiger partial charge >= 0.3 is 13.6 Å². The molecule has 0 radical (unpaired) electrons. The third-order valence-corrected chi connectivity index (χ3v) is 9.61. The lowest BCUT2D eigenvalue weighted by molar-refractivity contribution is -0.116. The predicted molar refractivity (Wildman–Crippen MR) is 183 cm³/mol. The Morgan fingerprint density at radius 1 is 0.935 bits per heavy atom. The zero-order valence-corrected chi connectivity index (χ0v) is 27.9. The minimum Gasteiger partial charge on any atom is -0.427 e. The second kappa shape index (κ2) is 16.2. The van der Waals surface area contributed by atoms with Gasteiger partial charge in [0.05, 0.1) is 30.4 Å². The highest BCUT2D eigenvalue weighted by Crippen LogP contribution is 2.51. The van der Waals surface area contributed by atoms with E-state index in [2.05, 4.69) is 24.1 Å². The number of para-hydroxylation sites is 2. The Balaban J connectivity index is 1.21. The van der Waals surface area contributed by atoms with Crippen LogP contribution in [0.1, 0.15) is 63.7 Å². The van der Waals surface area contributed by atoms with Gasteiger partial charge in [-0.15, -0.1) is 0 Å². The quantitative estimate of drug-likeness (QED) is 0.0780. The number of unbranched alkanes of at least 4 members (excludes halogenated alkanes) is 2. The van der Waals surface area contributed by atoms with E-state index in [1.54, 1.807) is 6.33 Å². The number of oxazole rings is 1. The van der Waals surface area contributed by atoms with Crippen LogP contribution >= 0.6 is 19.2 Å². The fourth-order valence-electron chi connectivity index (χ4n) is 4.93. The van der Waals surface area contributed by atoms with Crippen molar-refractivity contribution in [1.29, 1.82) is 0 Å². The van der Waals surface area contributed by atoms with Crippen LogP contribution in [0.15, 0.2) is 83.5 Å². The van der Waals surface area contributed by atoms with Crippen LogP contribution in [0.25, 0.3) is 28.3 Å². The van der Waals surface area contributed by atoms with Crippen molar-refractivity contribution in [1.82, 2.24) is 14.5 Å². The zero-order valence-electron chi connectivity index (χ0n) is 26.3. The Labute approximate surface area is 274 Å². The first kappa shape index (κ1) is 33.6. The number of amides is 1. The maximum Gasteiger partial charge on any atom is 0.335 e. The minimum absolute atomic E-state index is 0.113. The van der Waals surface area contributed by atoms with E-state index in [4.69, 9.17) is 30.0 Å². The highest BCUT2D eigenvalue weighted by atomic mass is 35.5. The summed E-state index contributed by atoms with van der Waals surface area (Å²) in [6.07, 6.45) is 6.80. The highest BCUT2D eigenvalue weighted by Gasteiger charge is 2.25. The van der Waals surface area contributed by atoms with E-state index in [9.17, 15) is 9.36 Å². The van der Waals surface area contributed by atoms with E-state index < -0.39 is 7.60 Å². The Morgan fingerprint density at radius 3 is 2.33 bits per heavy atom. The van der Waals surface area contributed by atoms with Crippen molar-refractivity contribution in [3.05, 3.63) is 95.5 Å². The molecule has 46 heavy (non-hydrogen) atoms. The molecule has 1 N–H and O–H groups in total. The lowest BCUT2D eigenvalue weighted by atomic mass is 10.1. The maximum atomic E-state index is 13.3. The van der Waals surface area contributed by atoms with Gasteiger partial charge in [0.1, 0.15) is 17.8 Å². The number of rotatable bonds is 17. The number of halogens is 1. The molecule has 0 bridgehead atoms. The van der Waals surface area contributed by atoms with Crippen LogP contribution in [0.2, 0.25) is 5.02 Å². The molecular formula is C35H40ClN4O5P. The molecule has 0 fully saturated rings. The van der Waals surface area contributed by atoms with Crippen molar-refractivity contribution in [2.24, 2.45) is 0 Å². The number of carbonyl (C=O) groups excluding carboxylic acids is 1. The van der Waals surface area contributed by atoms with Gasteiger partial charge in [0.25, 0.3) is 0 Å². The topological polar surface area (TPSA) is 108 Å². The fraction of sp³-hybridized carbons (Fsp3) is 0.343. The van der Waals surface area contributed by atoms with Crippen LogP contribution in [-0.2, 0) is 31.0 Å². The van der Waals surface area contributed by atoms with E-state index in [1.807, 2.05) is 77.4 Å². The molecule has 0 aliphatic heterocycles. The normalized spacial score (nSPS) is 11.7. The molecule has 0 unspecified atom stereocenters. The second-order valence-electron chi connectivity index (χ2n) is 11.1. The average molecular weight is 663 g/mol. The summed E-state index contributed by atoms with van der Waals surface area (Å²) >= 11 is 6.13. The molecule has 0 atom stereocenters. The summed E-state index contributed by atoms with van der Waals surface area (Å²) < 4.78 is 32.9. The van der Waals surface area contributed by atoms with Gasteiger partial charge in [0.15, 0.2) is 0 Å². The van der Waals surface area contributed by atoms with Crippen LogP contribution in [-0.4, -0.2) is 33.7 Å². The van der Waals surface area contributed by atoms with Crippen LogP contribution in [0, 0.1) is 0 Å². The number of anilines is 1. The van der Waals surface area contributed by atoms with Gasteiger partial charge in [-0.25, -0.2) is 4.98 Å². The number of imidazole rings is 1. The number of aryl methyl sites for hydroxylation is 1. The molecule has 9 nitrogen and oxygen atoms in total. The van der Waals surface area contributed by atoms with E-state index in [0.717, 1.165) is 47.8 Å². The van der Waals surface area contributed by atoms with Gasteiger partial charge < -0.3 is 18.8 Å². The number of aromatic nitrogens is 3. The molecule has 3 aromatic carbocycles. The molecular weight excluding hydrogens is 623 g/mol. The maximum absolute atomic E-state index is 13.3. The Morgan fingerprint density at radius 2 is 1.63 bits per heavy atom. The van der Waals surface area contributed by atoms with Gasteiger partial charge in [-0.2, -0.15) is 4.98 Å². The summed E-state index contributed by atoms with van der Waals surface area (Å²) in [6, 6.07) is 23.0. The molecule has 5 aromatic rings. The van der Waals surface area contributed by atoms with E-state index >= 15 is 0 Å². The van der Waals surface area contributed by atoms with Crippen molar-refractivity contribution in [3.8, 4) is 17.3 Å². The number of benzene rings is 3. The van der Waals surface area contributed by atoms with Gasteiger partial charge in [0, 0.05) is 29.1 Å². The summed E-state index contributed by atoms with van der Waals surface area (Å²) in [5.74, 6) is 0.566. The highest BCUT2D eigenvalue weighted by molar-refractivity contribution is 7.53. The molecule has 2 aromatic heterocycles. The molecule has 242 valence electrons. The van der Waals surface area contributed by atoms with Gasteiger partial charge in [-0.3, -0.25) is 13.9 Å². The number of carbonyl (C=O) groups is 1. The Bertz CT molecular complexity index is 1750. The molecule has 0 spiro atoms. The van der Waals surface area contributed by atoms with E-state index in [-0.39, 0.29) is 18.5 Å². The van der Waals surface area contributed by atoms with Crippen molar-refractivity contribution < 1.29 is 22.8 Å². The number of nitrogens with one attached hydrogen (secondary N) is 1. The molecule has 0 saturated carbocycles. The van der Waals surface area contributed by atoms with Crippen LogP contribution in [0.5, 0.6) is 0 Å². The second-order valence-corrected chi connectivity index (χ2v) is 13.6. The van der Waals surface area contributed by atoms with Crippen LogP contribution in [0.4, 0.5) is 5.69 Å². The molecule has 11 heteroatoms. The summed E-state index contributed by atoms with van der Waals surface area (Å²) in [4.78, 5) is 22.2. The fourth-order valence-corrected chi connectivity index (χ4v) is 6.79. The third-order valence-electron chi connectivity index (χ3n) is 7.46. The standard InChI is InChI=1S/C35H40ClN4O5P/c1-3-5-22-43-46(42,44-23-6-4-2)24-26-14-20-29(21-15-26)38-33(41)13-9-12-32-34(27-16-18-28(36)19-17-27)39-35(45-32)40-25-37-30-10-7-8-11-31(30)40/h7-8,10-11,14-21,25H,3-6,9,12-13,22-24H2,1-2H3,(H,38,41). The van der Waals surface area contributed by atoms with Gasteiger partial charge in [-0.05, 0) is 61.2 Å². The molecule has 0 aliphatic rings. The predicted octanol–water partition coefficient (Wildman–Crippen LogP) is 9.62. The van der Waals surface area contributed by atoms with Gasteiger partial charge in [0.2, 0.25) is 5.91 Å². The largest absolute Gasteiger partial charge is 0.427 e.